The highest BCUT2D eigenvalue weighted by atomic mass is 16.6. The van der Waals surface area contributed by atoms with E-state index in [1.807, 2.05) is 36.4 Å². The van der Waals surface area contributed by atoms with Crippen molar-refractivity contribution in [1.29, 1.82) is 0 Å². The number of amides is 2. The van der Waals surface area contributed by atoms with Crippen LogP contribution in [0, 0.1) is 10.1 Å². The molecule has 35 heavy (non-hydrogen) atoms. The van der Waals surface area contributed by atoms with Gasteiger partial charge in [0.15, 0.2) is 0 Å². The number of non-ortho nitro benzene ring substituents is 1. The number of hydrogen-bond donors (Lipinski definition) is 0. The number of nitro benzene ring substituents is 1. The van der Waals surface area contributed by atoms with Crippen molar-refractivity contribution in [3.8, 4) is 0 Å². The van der Waals surface area contributed by atoms with Gasteiger partial charge in [-0.2, -0.15) is 0 Å². The number of nitrogens with zero attached hydrogens (tertiary/aromatic N) is 4. The van der Waals surface area contributed by atoms with Crippen LogP contribution in [0.3, 0.4) is 0 Å². The summed E-state index contributed by atoms with van der Waals surface area (Å²) in [6, 6.07) is 26.0. The number of carbonyl (C=O) groups is 2. The lowest BCUT2D eigenvalue weighted by molar-refractivity contribution is -0.384. The van der Waals surface area contributed by atoms with E-state index in [1.54, 1.807) is 6.07 Å². The number of anilines is 1. The monoisotopic (exact) mass is 470 g/mol. The largest absolute Gasteiger partial charge is 0.290 e. The molecule has 2 aliphatic heterocycles. The summed E-state index contributed by atoms with van der Waals surface area (Å²) in [4.78, 5) is 42.2. The Morgan fingerprint density at radius 3 is 1.97 bits per heavy atom. The van der Waals surface area contributed by atoms with Crippen molar-refractivity contribution in [2.24, 2.45) is 0 Å². The van der Waals surface area contributed by atoms with E-state index in [2.05, 4.69) is 34.1 Å². The first-order valence-corrected chi connectivity index (χ1v) is 11.7. The van der Waals surface area contributed by atoms with Gasteiger partial charge in [-0.05, 0) is 17.2 Å². The molecule has 3 aromatic rings. The minimum absolute atomic E-state index is 0.0856. The van der Waals surface area contributed by atoms with Crippen LogP contribution in [-0.2, 0) is 9.59 Å². The third kappa shape index (κ3) is 4.58. The lowest BCUT2D eigenvalue weighted by Crippen LogP contribution is -2.53. The lowest BCUT2D eigenvalue weighted by Gasteiger charge is -2.41. The Morgan fingerprint density at radius 2 is 1.40 bits per heavy atom. The molecule has 0 N–H and O–H groups in total. The van der Waals surface area contributed by atoms with Crippen LogP contribution in [0.5, 0.6) is 0 Å². The van der Waals surface area contributed by atoms with Crippen LogP contribution >= 0.6 is 0 Å². The maximum Gasteiger partial charge on any atom is 0.271 e. The average molecular weight is 471 g/mol. The maximum absolute atomic E-state index is 13.2. The van der Waals surface area contributed by atoms with Crippen LogP contribution in [0.4, 0.5) is 11.4 Å². The highest BCUT2D eigenvalue weighted by Crippen LogP contribution is 2.32. The second-order valence-corrected chi connectivity index (χ2v) is 8.86. The first kappa shape index (κ1) is 22.9. The standard InChI is InChI=1S/C27H26N4O4/c32-25-19-24(27(33)30(25)22-12-7-13-23(18-22)31(34)35)28-14-16-29(17-15-28)26(20-8-3-1-4-9-20)21-10-5-2-6-11-21/h1-13,18,24,26H,14-17,19H2/t24-/m0/s1. The van der Waals surface area contributed by atoms with Crippen LogP contribution in [0.1, 0.15) is 23.6 Å². The molecule has 0 aromatic heterocycles. The Balaban J connectivity index is 1.31. The number of imide groups is 1. The molecule has 3 aromatic carbocycles. The molecule has 2 aliphatic rings. The number of hydrogen-bond acceptors (Lipinski definition) is 6. The summed E-state index contributed by atoms with van der Waals surface area (Å²) in [6.07, 6.45) is 0.0856. The van der Waals surface area contributed by atoms with Crippen molar-refractivity contribution in [2.45, 2.75) is 18.5 Å². The Bertz CT molecular complexity index is 1190. The van der Waals surface area contributed by atoms with E-state index < -0.39 is 11.0 Å². The topological polar surface area (TPSA) is 87.0 Å². The van der Waals surface area contributed by atoms with Crippen LogP contribution in [0.2, 0.25) is 0 Å². The first-order chi connectivity index (χ1) is 17.0. The number of nitro groups is 1. The summed E-state index contributed by atoms with van der Waals surface area (Å²) in [5.41, 5.74) is 2.55. The number of rotatable bonds is 6. The third-order valence-corrected chi connectivity index (χ3v) is 6.81. The van der Waals surface area contributed by atoms with Crippen molar-refractivity contribution in [1.82, 2.24) is 9.80 Å². The van der Waals surface area contributed by atoms with E-state index in [-0.39, 0.29) is 35.7 Å². The average Bonchev–Trinajstić information content (AvgIpc) is 3.19. The smallest absolute Gasteiger partial charge is 0.271 e. The number of piperazine rings is 1. The van der Waals surface area contributed by atoms with Gasteiger partial charge in [0.25, 0.3) is 11.6 Å². The SMILES string of the molecule is O=C1C[C@H](N2CCN(C(c3ccccc3)c3ccccc3)CC2)C(=O)N1c1cccc([N+](=O)[O-])c1. The predicted molar refractivity (Wildman–Crippen MR) is 132 cm³/mol. The van der Waals surface area contributed by atoms with E-state index in [0.717, 1.165) is 18.0 Å². The fourth-order valence-electron chi connectivity index (χ4n) is 5.11. The molecule has 2 fully saturated rings. The second-order valence-electron chi connectivity index (χ2n) is 8.86. The first-order valence-electron chi connectivity index (χ1n) is 11.7. The minimum Gasteiger partial charge on any atom is -0.290 e. The Kier molecular flexibility index (Phi) is 6.39. The second kappa shape index (κ2) is 9.77. The van der Waals surface area contributed by atoms with E-state index in [0.29, 0.717) is 13.1 Å². The van der Waals surface area contributed by atoms with E-state index >= 15 is 0 Å². The normalized spacial score (nSPS) is 19.5. The Labute approximate surface area is 203 Å². The molecule has 2 heterocycles. The molecule has 0 radical (unpaired) electrons. The summed E-state index contributed by atoms with van der Waals surface area (Å²) in [5, 5.41) is 11.1. The summed E-state index contributed by atoms with van der Waals surface area (Å²) in [5.74, 6) is -0.638. The van der Waals surface area contributed by atoms with Gasteiger partial charge >= 0.3 is 0 Å². The van der Waals surface area contributed by atoms with Crippen LogP contribution < -0.4 is 4.90 Å². The Morgan fingerprint density at radius 1 is 0.800 bits per heavy atom. The van der Waals surface area contributed by atoms with Gasteiger partial charge in [-0.15, -0.1) is 0 Å². The molecule has 2 amide bonds. The molecule has 0 saturated carbocycles. The highest BCUT2D eigenvalue weighted by molar-refractivity contribution is 6.22. The molecule has 2 saturated heterocycles. The molecule has 0 unspecified atom stereocenters. The summed E-state index contributed by atoms with van der Waals surface area (Å²) >= 11 is 0. The zero-order valence-corrected chi connectivity index (χ0v) is 19.2. The number of carbonyl (C=O) groups excluding carboxylic acids is 2. The summed E-state index contributed by atoms with van der Waals surface area (Å²) in [7, 11) is 0. The molecule has 5 rings (SSSR count). The van der Waals surface area contributed by atoms with Gasteiger partial charge < -0.3 is 0 Å². The van der Waals surface area contributed by atoms with Crippen molar-refractivity contribution in [3.05, 3.63) is 106 Å². The quantitative estimate of drug-likeness (QED) is 0.311. The van der Waals surface area contributed by atoms with E-state index in [9.17, 15) is 19.7 Å². The van der Waals surface area contributed by atoms with Crippen LogP contribution in [0.25, 0.3) is 0 Å². The zero-order chi connectivity index (χ0) is 24.4. The molecule has 0 aliphatic carbocycles. The molecule has 8 heteroatoms. The van der Waals surface area contributed by atoms with E-state index in [1.165, 1.54) is 29.3 Å². The van der Waals surface area contributed by atoms with Gasteiger partial charge in [0.2, 0.25) is 5.91 Å². The van der Waals surface area contributed by atoms with Crippen molar-refractivity contribution < 1.29 is 14.5 Å². The molecule has 0 spiro atoms. The zero-order valence-electron chi connectivity index (χ0n) is 19.2. The van der Waals surface area contributed by atoms with Crippen molar-refractivity contribution in [2.75, 3.05) is 31.1 Å². The van der Waals surface area contributed by atoms with Gasteiger partial charge in [-0.3, -0.25) is 29.5 Å². The fourth-order valence-corrected chi connectivity index (χ4v) is 5.11. The Hall–Kier alpha value is -3.88. The molecule has 1 atom stereocenters. The fraction of sp³-hybridized carbons (Fsp3) is 0.259. The van der Waals surface area contributed by atoms with Gasteiger partial charge in [0, 0.05) is 38.3 Å². The molecular formula is C27H26N4O4. The van der Waals surface area contributed by atoms with Crippen LogP contribution in [-0.4, -0.2) is 58.8 Å². The summed E-state index contributed by atoms with van der Waals surface area (Å²) < 4.78 is 0. The van der Waals surface area contributed by atoms with Crippen LogP contribution in [0.15, 0.2) is 84.9 Å². The minimum atomic E-state index is -0.546. The predicted octanol–water partition coefficient (Wildman–Crippen LogP) is 3.63. The van der Waals surface area contributed by atoms with Crippen molar-refractivity contribution >= 4 is 23.2 Å². The third-order valence-electron chi connectivity index (χ3n) is 6.81. The van der Waals surface area contributed by atoms with Gasteiger partial charge in [-0.25, -0.2) is 4.90 Å². The van der Waals surface area contributed by atoms with Gasteiger partial charge in [0.1, 0.15) is 0 Å². The van der Waals surface area contributed by atoms with Crippen molar-refractivity contribution in [3.63, 3.8) is 0 Å². The highest BCUT2D eigenvalue weighted by Gasteiger charge is 2.44. The molecule has 0 bridgehead atoms. The lowest BCUT2D eigenvalue weighted by atomic mass is 9.96. The molecule has 8 nitrogen and oxygen atoms in total. The maximum atomic E-state index is 13.2. The molecular weight excluding hydrogens is 444 g/mol. The van der Waals surface area contributed by atoms with Gasteiger partial charge in [-0.1, -0.05) is 66.7 Å². The van der Waals surface area contributed by atoms with Gasteiger partial charge in [0.05, 0.1) is 29.1 Å². The van der Waals surface area contributed by atoms with E-state index in [4.69, 9.17) is 0 Å². The summed E-state index contributed by atoms with van der Waals surface area (Å²) in [6.45, 7) is 2.82. The molecule has 178 valence electrons. The number of benzene rings is 3.